The highest BCUT2D eigenvalue weighted by Crippen LogP contribution is 2.17. The highest BCUT2D eigenvalue weighted by Gasteiger charge is 2.25. The summed E-state index contributed by atoms with van der Waals surface area (Å²) in [5, 5.41) is 6.89. The first-order chi connectivity index (χ1) is 8.92. The molecule has 1 atom stereocenters. The number of nitrogens with two attached hydrogens (primary N) is 1. The second-order valence-electron chi connectivity index (χ2n) is 5.02. The van der Waals surface area contributed by atoms with Crippen LogP contribution < -0.4 is 5.73 Å². The Morgan fingerprint density at radius 1 is 1.42 bits per heavy atom. The molecule has 108 valence electrons. The fraction of sp³-hybridized carbons (Fsp3) is 0.692. The Morgan fingerprint density at radius 2 is 2.05 bits per heavy atom. The monoisotopic (exact) mass is 267 g/mol. The number of nitrogens with zero attached hydrogens (tertiary/aromatic N) is 3. The van der Waals surface area contributed by atoms with Crippen molar-refractivity contribution in [3.63, 3.8) is 0 Å². The van der Waals surface area contributed by atoms with Crippen LogP contribution in [-0.2, 0) is 6.42 Å². The molecule has 0 bridgehead atoms. The fourth-order valence-electron chi connectivity index (χ4n) is 2.24. The second-order valence-corrected chi connectivity index (χ2v) is 5.02. The number of anilines is 1. The van der Waals surface area contributed by atoms with Gasteiger partial charge in [0.2, 0.25) is 0 Å². The molecule has 0 aliphatic heterocycles. The number of hydrogen-bond acceptors (Lipinski definition) is 4. The van der Waals surface area contributed by atoms with Crippen molar-refractivity contribution < 1.29 is 4.79 Å². The Balaban J connectivity index is 2.92. The average Bonchev–Trinajstić information content (AvgIpc) is 2.70. The number of nitrogens with one attached hydrogen (secondary N) is 1. The number of carbonyl (C=O) groups excluding carboxylic acids is 1. The van der Waals surface area contributed by atoms with E-state index in [0.717, 1.165) is 18.7 Å². The van der Waals surface area contributed by atoms with E-state index in [4.69, 9.17) is 5.73 Å². The molecule has 0 fully saturated rings. The average molecular weight is 267 g/mol. The van der Waals surface area contributed by atoms with Crippen LogP contribution in [0.1, 0.15) is 37.0 Å². The molecule has 3 N–H and O–H groups in total. The van der Waals surface area contributed by atoms with Crippen LogP contribution in [0.15, 0.2) is 0 Å². The van der Waals surface area contributed by atoms with Gasteiger partial charge in [0.25, 0.3) is 5.91 Å². The van der Waals surface area contributed by atoms with Crippen LogP contribution in [0.4, 0.5) is 5.69 Å². The van der Waals surface area contributed by atoms with E-state index in [0.29, 0.717) is 17.9 Å². The minimum atomic E-state index is -0.106. The lowest BCUT2D eigenvalue weighted by molar-refractivity contribution is 0.0674. The second kappa shape index (κ2) is 6.56. The van der Waals surface area contributed by atoms with Crippen LogP contribution in [0.25, 0.3) is 0 Å². The molecule has 0 saturated carbocycles. The largest absolute Gasteiger partial charge is 0.395 e. The van der Waals surface area contributed by atoms with E-state index < -0.39 is 0 Å². The van der Waals surface area contributed by atoms with E-state index in [-0.39, 0.29) is 11.9 Å². The predicted octanol–water partition coefficient (Wildman–Crippen LogP) is 0.967. The normalized spacial score (nSPS) is 12.7. The summed E-state index contributed by atoms with van der Waals surface area (Å²) in [6.07, 6.45) is 0.742. The summed E-state index contributed by atoms with van der Waals surface area (Å²) in [6.45, 7) is 7.43. The minimum absolute atomic E-state index is 0.106. The van der Waals surface area contributed by atoms with Crippen molar-refractivity contribution in [1.82, 2.24) is 20.0 Å². The first-order valence-electron chi connectivity index (χ1n) is 6.70. The lowest BCUT2D eigenvalue weighted by Gasteiger charge is -2.29. The van der Waals surface area contributed by atoms with Crippen LogP contribution in [0.3, 0.4) is 0 Å². The van der Waals surface area contributed by atoms with Gasteiger partial charge in [0.1, 0.15) is 0 Å². The van der Waals surface area contributed by atoms with Gasteiger partial charge in [-0.1, -0.05) is 6.92 Å². The van der Waals surface area contributed by atoms with Crippen LogP contribution in [-0.4, -0.2) is 59.1 Å². The Kier molecular flexibility index (Phi) is 5.35. The third-order valence-electron chi connectivity index (χ3n) is 3.20. The standard InChI is InChI=1S/C13H25N5O/c1-6-10-11(14)12(16-15-10)13(19)18(7-2)9(3)8-17(4)5/h9H,6-8,14H2,1-5H3,(H,15,16). The molecule has 0 radical (unpaired) electrons. The van der Waals surface area contributed by atoms with Crippen LogP contribution >= 0.6 is 0 Å². The van der Waals surface area contributed by atoms with Gasteiger partial charge in [-0.25, -0.2) is 0 Å². The van der Waals surface area contributed by atoms with Crippen molar-refractivity contribution in [2.24, 2.45) is 0 Å². The van der Waals surface area contributed by atoms with E-state index in [1.54, 1.807) is 4.90 Å². The molecule has 19 heavy (non-hydrogen) atoms. The summed E-state index contributed by atoms with van der Waals surface area (Å²) in [7, 11) is 3.99. The molecule has 0 saturated heterocycles. The fourth-order valence-corrected chi connectivity index (χ4v) is 2.24. The topological polar surface area (TPSA) is 78.2 Å². The van der Waals surface area contributed by atoms with Gasteiger partial charge in [0, 0.05) is 19.1 Å². The summed E-state index contributed by atoms with van der Waals surface area (Å²) >= 11 is 0. The van der Waals surface area contributed by atoms with Crippen LogP contribution in [0.2, 0.25) is 0 Å². The highest BCUT2D eigenvalue weighted by atomic mass is 16.2. The number of aromatic amines is 1. The number of carbonyl (C=O) groups is 1. The van der Waals surface area contributed by atoms with Crippen molar-refractivity contribution in [2.75, 3.05) is 32.9 Å². The van der Waals surface area contributed by atoms with Gasteiger partial charge in [-0.05, 0) is 34.4 Å². The third kappa shape index (κ3) is 3.47. The smallest absolute Gasteiger partial charge is 0.276 e. The van der Waals surface area contributed by atoms with Crippen molar-refractivity contribution in [3.05, 3.63) is 11.4 Å². The molecule has 1 rings (SSSR count). The van der Waals surface area contributed by atoms with E-state index in [2.05, 4.69) is 15.1 Å². The van der Waals surface area contributed by atoms with Crippen molar-refractivity contribution in [1.29, 1.82) is 0 Å². The number of H-pyrrole nitrogens is 1. The van der Waals surface area contributed by atoms with Crippen molar-refractivity contribution in [2.45, 2.75) is 33.2 Å². The number of nitrogen functional groups attached to an aromatic ring is 1. The Hall–Kier alpha value is -1.56. The van der Waals surface area contributed by atoms with Crippen LogP contribution in [0.5, 0.6) is 0 Å². The summed E-state index contributed by atoms with van der Waals surface area (Å²) in [5.74, 6) is -0.106. The van der Waals surface area contributed by atoms with Gasteiger partial charge in [-0.2, -0.15) is 5.10 Å². The molecule has 0 spiro atoms. The van der Waals surface area contributed by atoms with E-state index in [1.807, 2.05) is 34.9 Å². The SMILES string of the molecule is CCc1[nH]nc(C(=O)N(CC)C(C)CN(C)C)c1N. The molecular weight excluding hydrogens is 242 g/mol. The number of aromatic nitrogens is 2. The molecule has 1 heterocycles. The Labute approximate surface area is 114 Å². The Bertz CT molecular complexity index is 427. The predicted molar refractivity (Wildman–Crippen MR) is 77.1 cm³/mol. The van der Waals surface area contributed by atoms with Gasteiger partial charge in [-0.15, -0.1) is 0 Å². The quantitative estimate of drug-likeness (QED) is 0.805. The molecule has 1 amide bonds. The molecule has 1 unspecified atom stereocenters. The molecule has 6 heteroatoms. The number of amides is 1. The summed E-state index contributed by atoms with van der Waals surface area (Å²) < 4.78 is 0. The first kappa shape index (κ1) is 15.5. The summed E-state index contributed by atoms with van der Waals surface area (Å²) in [6, 6.07) is 0.119. The lowest BCUT2D eigenvalue weighted by Crippen LogP contribution is -2.44. The maximum atomic E-state index is 12.5. The molecule has 1 aromatic rings. The lowest BCUT2D eigenvalue weighted by atomic mass is 10.2. The van der Waals surface area contributed by atoms with Gasteiger partial charge in [0.05, 0.1) is 11.4 Å². The van der Waals surface area contributed by atoms with Crippen molar-refractivity contribution in [3.8, 4) is 0 Å². The first-order valence-corrected chi connectivity index (χ1v) is 6.70. The van der Waals surface area contributed by atoms with Crippen LogP contribution in [0, 0.1) is 0 Å². The van der Waals surface area contributed by atoms with Gasteiger partial charge < -0.3 is 15.5 Å². The number of likely N-dealkylation sites (N-methyl/N-ethyl adjacent to an activating group) is 2. The molecule has 6 nitrogen and oxygen atoms in total. The van der Waals surface area contributed by atoms with E-state index in [9.17, 15) is 4.79 Å². The molecule has 1 aromatic heterocycles. The minimum Gasteiger partial charge on any atom is -0.395 e. The maximum Gasteiger partial charge on any atom is 0.276 e. The van der Waals surface area contributed by atoms with E-state index in [1.165, 1.54) is 0 Å². The van der Waals surface area contributed by atoms with E-state index >= 15 is 0 Å². The molecule has 0 aromatic carbocycles. The van der Waals surface area contributed by atoms with Gasteiger partial charge in [0.15, 0.2) is 5.69 Å². The zero-order valence-corrected chi connectivity index (χ0v) is 12.5. The third-order valence-corrected chi connectivity index (χ3v) is 3.20. The van der Waals surface area contributed by atoms with Crippen molar-refractivity contribution >= 4 is 11.6 Å². The number of hydrogen-bond donors (Lipinski definition) is 2. The van der Waals surface area contributed by atoms with Gasteiger partial charge >= 0.3 is 0 Å². The maximum absolute atomic E-state index is 12.5. The van der Waals surface area contributed by atoms with Gasteiger partial charge in [-0.3, -0.25) is 9.89 Å². The Morgan fingerprint density at radius 3 is 2.47 bits per heavy atom. The zero-order chi connectivity index (χ0) is 14.6. The highest BCUT2D eigenvalue weighted by molar-refractivity contribution is 5.97. The zero-order valence-electron chi connectivity index (χ0n) is 12.5. The number of aryl methyl sites for hydroxylation is 1. The molecule has 0 aliphatic rings. The molecular formula is C13H25N5O. The summed E-state index contributed by atoms with van der Waals surface area (Å²) in [4.78, 5) is 16.4. The molecule has 0 aliphatic carbocycles. The summed E-state index contributed by atoms with van der Waals surface area (Å²) in [5.41, 5.74) is 7.59. The number of rotatable bonds is 6.